The second-order valence-corrected chi connectivity index (χ2v) is 5.21. The zero-order chi connectivity index (χ0) is 13.2. The zero-order valence-corrected chi connectivity index (χ0v) is 10.8. The predicted molar refractivity (Wildman–Crippen MR) is 70.1 cm³/mol. The third-order valence-electron chi connectivity index (χ3n) is 2.35. The van der Waals surface area contributed by atoms with Crippen molar-refractivity contribution >= 4 is 6.01 Å². The lowest BCUT2D eigenvalue weighted by Gasteiger charge is -2.18. The number of hydrogen-bond acceptors (Lipinski definition) is 5. The average molecular weight is 246 g/mol. The molecule has 0 fully saturated rings. The first-order valence-electron chi connectivity index (χ1n) is 5.88. The summed E-state index contributed by atoms with van der Waals surface area (Å²) in [6.07, 6.45) is 0. The molecule has 18 heavy (non-hydrogen) atoms. The minimum Gasteiger partial charge on any atom is -0.406 e. The lowest BCUT2D eigenvalue weighted by atomic mass is 10.1. The second kappa shape index (κ2) is 4.78. The third-order valence-corrected chi connectivity index (χ3v) is 2.35. The Morgan fingerprint density at radius 1 is 1.17 bits per heavy atom. The van der Waals surface area contributed by atoms with Gasteiger partial charge in [0.05, 0.1) is 0 Å². The summed E-state index contributed by atoms with van der Waals surface area (Å²) in [4.78, 5) is 0. The number of nitrogens with zero attached hydrogens (tertiary/aromatic N) is 2. The molecule has 1 unspecified atom stereocenters. The fourth-order valence-corrected chi connectivity index (χ4v) is 1.53. The van der Waals surface area contributed by atoms with E-state index >= 15 is 0 Å². The van der Waals surface area contributed by atoms with Crippen LogP contribution in [0.25, 0.3) is 0 Å². The Morgan fingerprint density at radius 2 is 1.83 bits per heavy atom. The third kappa shape index (κ3) is 3.07. The predicted octanol–water partition coefficient (Wildman–Crippen LogP) is 2.33. The van der Waals surface area contributed by atoms with Crippen molar-refractivity contribution in [2.45, 2.75) is 32.4 Å². The summed E-state index contributed by atoms with van der Waals surface area (Å²) >= 11 is 0. The van der Waals surface area contributed by atoms with E-state index in [-0.39, 0.29) is 5.54 Å². The number of anilines is 1. The number of nitrogens with two attached hydrogens (primary N) is 1. The summed E-state index contributed by atoms with van der Waals surface area (Å²) in [6, 6.07) is 9.67. The molecule has 0 aliphatic carbocycles. The Balaban J connectivity index is 2.15. The molecule has 1 aromatic carbocycles. The van der Waals surface area contributed by atoms with Crippen LogP contribution in [0.3, 0.4) is 0 Å². The second-order valence-electron chi connectivity index (χ2n) is 5.21. The Labute approximate surface area is 106 Å². The molecule has 0 radical (unpaired) electrons. The molecule has 2 aromatic rings. The van der Waals surface area contributed by atoms with Crippen molar-refractivity contribution in [2.24, 2.45) is 5.73 Å². The van der Waals surface area contributed by atoms with Gasteiger partial charge in [0, 0.05) is 5.54 Å². The van der Waals surface area contributed by atoms with Gasteiger partial charge in [0.2, 0.25) is 5.89 Å². The monoisotopic (exact) mass is 246 g/mol. The molecule has 0 saturated carbocycles. The number of benzene rings is 1. The van der Waals surface area contributed by atoms with Gasteiger partial charge in [-0.15, -0.1) is 5.10 Å². The van der Waals surface area contributed by atoms with Gasteiger partial charge in [0.25, 0.3) is 0 Å². The summed E-state index contributed by atoms with van der Waals surface area (Å²) in [5.41, 5.74) is 6.89. The first-order valence-corrected chi connectivity index (χ1v) is 5.88. The molecule has 0 bridgehead atoms. The summed E-state index contributed by atoms with van der Waals surface area (Å²) < 4.78 is 5.52. The molecule has 0 aliphatic heterocycles. The molecule has 0 spiro atoms. The van der Waals surface area contributed by atoms with E-state index in [0.29, 0.717) is 11.9 Å². The SMILES string of the molecule is CC(C)(C)Nc1nnc(C(N)c2ccccc2)o1. The van der Waals surface area contributed by atoms with E-state index in [4.69, 9.17) is 10.2 Å². The van der Waals surface area contributed by atoms with E-state index in [2.05, 4.69) is 15.5 Å². The highest BCUT2D eigenvalue weighted by Crippen LogP contribution is 2.20. The van der Waals surface area contributed by atoms with E-state index in [0.717, 1.165) is 5.56 Å². The van der Waals surface area contributed by atoms with Gasteiger partial charge in [-0.2, -0.15) is 0 Å². The number of nitrogens with one attached hydrogen (secondary N) is 1. The first-order chi connectivity index (χ1) is 8.46. The average Bonchev–Trinajstić information content (AvgIpc) is 2.75. The van der Waals surface area contributed by atoms with E-state index < -0.39 is 6.04 Å². The topological polar surface area (TPSA) is 77.0 Å². The van der Waals surface area contributed by atoms with Crippen LogP contribution in [0.5, 0.6) is 0 Å². The molecule has 0 amide bonds. The van der Waals surface area contributed by atoms with E-state index in [1.54, 1.807) is 0 Å². The summed E-state index contributed by atoms with van der Waals surface area (Å²) in [5.74, 6) is 0.410. The Hall–Kier alpha value is -1.88. The molecule has 2 rings (SSSR count). The van der Waals surface area contributed by atoms with Crippen LogP contribution in [0.15, 0.2) is 34.7 Å². The fourth-order valence-electron chi connectivity index (χ4n) is 1.53. The number of rotatable bonds is 3. The molecule has 1 heterocycles. The summed E-state index contributed by atoms with van der Waals surface area (Å²) in [5, 5.41) is 11.0. The van der Waals surface area contributed by atoms with Crippen LogP contribution in [-0.4, -0.2) is 15.7 Å². The molecular weight excluding hydrogens is 228 g/mol. The van der Waals surface area contributed by atoms with E-state index in [1.165, 1.54) is 0 Å². The fraction of sp³-hybridized carbons (Fsp3) is 0.385. The molecule has 5 heteroatoms. The van der Waals surface area contributed by atoms with Gasteiger partial charge in [0.1, 0.15) is 6.04 Å². The van der Waals surface area contributed by atoms with Crippen molar-refractivity contribution in [3.8, 4) is 0 Å². The van der Waals surface area contributed by atoms with E-state index in [9.17, 15) is 0 Å². The van der Waals surface area contributed by atoms with E-state index in [1.807, 2.05) is 51.1 Å². The van der Waals surface area contributed by atoms with Crippen LogP contribution in [0.1, 0.15) is 38.3 Å². The highest BCUT2D eigenvalue weighted by Gasteiger charge is 2.18. The van der Waals surface area contributed by atoms with Crippen LogP contribution >= 0.6 is 0 Å². The maximum Gasteiger partial charge on any atom is 0.315 e. The van der Waals surface area contributed by atoms with Crippen molar-refractivity contribution in [3.05, 3.63) is 41.8 Å². The molecule has 0 aliphatic rings. The molecule has 96 valence electrons. The molecule has 0 saturated heterocycles. The van der Waals surface area contributed by atoms with Crippen LogP contribution in [0, 0.1) is 0 Å². The minimum atomic E-state index is -0.394. The van der Waals surface area contributed by atoms with Gasteiger partial charge in [-0.05, 0) is 26.3 Å². The van der Waals surface area contributed by atoms with Gasteiger partial charge in [-0.25, -0.2) is 0 Å². The van der Waals surface area contributed by atoms with Crippen LogP contribution in [0.4, 0.5) is 6.01 Å². The lowest BCUT2D eigenvalue weighted by molar-refractivity contribution is 0.469. The van der Waals surface area contributed by atoms with Crippen LogP contribution in [-0.2, 0) is 0 Å². The highest BCUT2D eigenvalue weighted by atomic mass is 16.4. The van der Waals surface area contributed by atoms with Crippen molar-refractivity contribution in [2.75, 3.05) is 5.32 Å². The standard InChI is InChI=1S/C13H18N4O/c1-13(2,3)15-12-17-16-11(18-12)10(14)9-7-5-4-6-8-9/h4-8,10H,14H2,1-3H3,(H,15,17). The maximum absolute atomic E-state index is 6.07. The molecule has 3 N–H and O–H groups in total. The molecular formula is C13H18N4O. The summed E-state index contributed by atoms with van der Waals surface area (Å²) in [7, 11) is 0. The van der Waals surface area contributed by atoms with Gasteiger partial charge in [0.15, 0.2) is 0 Å². The van der Waals surface area contributed by atoms with Gasteiger partial charge in [-0.1, -0.05) is 35.4 Å². The van der Waals surface area contributed by atoms with Crippen molar-refractivity contribution < 1.29 is 4.42 Å². The normalized spacial score (nSPS) is 13.3. The van der Waals surface area contributed by atoms with Crippen molar-refractivity contribution in [1.29, 1.82) is 0 Å². The zero-order valence-electron chi connectivity index (χ0n) is 10.8. The number of aromatic nitrogens is 2. The van der Waals surface area contributed by atoms with Crippen molar-refractivity contribution in [1.82, 2.24) is 10.2 Å². The van der Waals surface area contributed by atoms with Gasteiger partial charge < -0.3 is 15.5 Å². The lowest BCUT2D eigenvalue weighted by Crippen LogP contribution is -2.26. The van der Waals surface area contributed by atoms with Crippen LogP contribution in [0.2, 0.25) is 0 Å². The van der Waals surface area contributed by atoms with Crippen LogP contribution < -0.4 is 11.1 Å². The minimum absolute atomic E-state index is 0.124. The maximum atomic E-state index is 6.07. The molecule has 1 aromatic heterocycles. The molecule has 1 atom stereocenters. The Morgan fingerprint density at radius 3 is 2.44 bits per heavy atom. The smallest absolute Gasteiger partial charge is 0.315 e. The van der Waals surface area contributed by atoms with Gasteiger partial charge in [-0.3, -0.25) is 0 Å². The molecule has 5 nitrogen and oxygen atoms in total. The Bertz CT molecular complexity index is 501. The quantitative estimate of drug-likeness (QED) is 0.869. The largest absolute Gasteiger partial charge is 0.406 e. The van der Waals surface area contributed by atoms with Crippen molar-refractivity contribution in [3.63, 3.8) is 0 Å². The first kappa shape index (κ1) is 12.6. The number of hydrogen-bond donors (Lipinski definition) is 2. The Kier molecular flexibility index (Phi) is 3.34. The van der Waals surface area contributed by atoms with Gasteiger partial charge >= 0.3 is 6.01 Å². The highest BCUT2D eigenvalue weighted by molar-refractivity contribution is 5.26. The summed E-state index contributed by atoms with van der Waals surface area (Å²) in [6.45, 7) is 6.07.